The van der Waals surface area contributed by atoms with Gasteiger partial charge in [-0.2, -0.15) is 0 Å². The molecule has 0 saturated carbocycles. The van der Waals surface area contributed by atoms with Crippen molar-refractivity contribution in [1.82, 2.24) is 5.32 Å². The predicted molar refractivity (Wildman–Crippen MR) is 55.7 cm³/mol. The SMILES string of the molecule is CC(CO)CNCCC1=CCCC1. The van der Waals surface area contributed by atoms with Crippen molar-refractivity contribution >= 4 is 0 Å². The number of aliphatic hydroxyl groups excluding tert-OH is 1. The molecule has 0 radical (unpaired) electrons. The van der Waals surface area contributed by atoms with E-state index in [1.165, 1.54) is 25.7 Å². The van der Waals surface area contributed by atoms with Gasteiger partial charge in [0.15, 0.2) is 0 Å². The van der Waals surface area contributed by atoms with Gasteiger partial charge in [-0.25, -0.2) is 0 Å². The van der Waals surface area contributed by atoms with Crippen LogP contribution >= 0.6 is 0 Å². The van der Waals surface area contributed by atoms with E-state index in [9.17, 15) is 0 Å². The lowest BCUT2D eigenvalue weighted by molar-refractivity contribution is 0.234. The van der Waals surface area contributed by atoms with E-state index in [0.717, 1.165) is 13.1 Å². The van der Waals surface area contributed by atoms with Crippen molar-refractivity contribution in [2.75, 3.05) is 19.7 Å². The van der Waals surface area contributed by atoms with E-state index in [1.807, 2.05) is 0 Å². The van der Waals surface area contributed by atoms with Crippen molar-refractivity contribution < 1.29 is 5.11 Å². The molecule has 1 aliphatic carbocycles. The molecule has 0 heterocycles. The summed E-state index contributed by atoms with van der Waals surface area (Å²) in [6.07, 6.45) is 7.50. The van der Waals surface area contributed by atoms with Gasteiger partial charge in [0.05, 0.1) is 0 Å². The smallest absolute Gasteiger partial charge is 0.0468 e. The van der Waals surface area contributed by atoms with E-state index in [-0.39, 0.29) is 6.61 Å². The highest BCUT2D eigenvalue weighted by atomic mass is 16.3. The molecule has 1 atom stereocenters. The Morgan fingerprint density at radius 1 is 1.62 bits per heavy atom. The van der Waals surface area contributed by atoms with Crippen molar-refractivity contribution in [2.45, 2.75) is 32.6 Å². The van der Waals surface area contributed by atoms with Crippen LogP contribution in [-0.4, -0.2) is 24.8 Å². The maximum absolute atomic E-state index is 8.79. The molecule has 13 heavy (non-hydrogen) atoms. The van der Waals surface area contributed by atoms with Crippen LogP contribution in [0, 0.1) is 5.92 Å². The van der Waals surface area contributed by atoms with Crippen LogP contribution in [-0.2, 0) is 0 Å². The highest BCUT2D eigenvalue weighted by Gasteiger charge is 2.04. The van der Waals surface area contributed by atoms with Crippen LogP contribution in [0.2, 0.25) is 0 Å². The van der Waals surface area contributed by atoms with Crippen molar-refractivity contribution in [3.63, 3.8) is 0 Å². The molecule has 1 aliphatic rings. The second-order valence-corrected chi connectivity index (χ2v) is 4.00. The summed E-state index contributed by atoms with van der Waals surface area (Å²) in [5, 5.41) is 12.2. The Hall–Kier alpha value is -0.340. The summed E-state index contributed by atoms with van der Waals surface area (Å²) in [5.41, 5.74) is 1.61. The van der Waals surface area contributed by atoms with Crippen molar-refractivity contribution in [2.24, 2.45) is 5.92 Å². The van der Waals surface area contributed by atoms with Gasteiger partial charge in [0.1, 0.15) is 0 Å². The van der Waals surface area contributed by atoms with Gasteiger partial charge in [-0.1, -0.05) is 18.6 Å². The lowest BCUT2D eigenvalue weighted by atomic mass is 10.1. The van der Waals surface area contributed by atoms with Crippen molar-refractivity contribution in [3.8, 4) is 0 Å². The average Bonchev–Trinajstić information content (AvgIpc) is 2.64. The van der Waals surface area contributed by atoms with Crippen LogP contribution in [0.5, 0.6) is 0 Å². The van der Waals surface area contributed by atoms with E-state index in [4.69, 9.17) is 5.11 Å². The molecule has 76 valence electrons. The number of aliphatic hydroxyl groups is 1. The molecule has 0 bridgehead atoms. The summed E-state index contributed by atoms with van der Waals surface area (Å²) in [7, 11) is 0. The molecule has 0 amide bonds. The van der Waals surface area contributed by atoms with E-state index in [2.05, 4.69) is 18.3 Å². The van der Waals surface area contributed by atoms with E-state index >= 15 is 0 Å². The van der Waals surface area contributed by atoms with Gasteiger partial charge < -0.3 is 10.4 Å². The van der Waals surface area contributed by atoms with E-state index < -0.39 is 0 Å². The Labute approximate surface area is 81.0 Å². The first-order chi connectivity index (χ1) is 6.33. The van der Waals surface area contributed by atoms with Gasteiger partial charge in [-0.3, -0.25) is 0 Å². The van der Waals surface area contributed by atoms with Crippen molar-refractivity contribution in [3.05, 3.63) is 11.6 Å². The van der Waals surface area contributed by atoms with Crippen LogP contribution in [0.4, 0.5) is 0 Å². The Bertz CT molecular complexity index is 165. The standard InChI is InChI=1S/C11H21NO/c1-10(9-13)8-12-7-6-11-4-2-3-5-11/h4,10,12-13H,2-3,5-9H2,1H3. The second-order valence-electron chi connectivity index (χ2n) is 4.00. The minimum absolute atomic E-state index is 0.287. The van der Waals surface area contributed by atoms with Gasteiger partial charge in [-0.15, -0.1) is 0 Å². The molecule has 0 aromatic heterocycles. The highest BCUT2D eigenvalue weighted by Crippen LogP contribution is 2.19. The first kappa shape index (κ1) is 10.7. The largest absolute Gasteiger partial charge is 0.396 e. The van der Waals surface area contributed by atoms with E-state index in [1.54, 1.807) is 5.57 Å². The summed E-state index contributed by atoms with van der Waals surface area (Å²) in [4.78, 5) is 0. The number of nitrogens with one attached hydrogen (secondary N) is 1. The molecule has 0 aromatic carbocycles. The number of rotatable bonds is 6. The summed E-state index contributed by atoms with van der Waals surface area (Å²) in [6.45, 7) is 4.34. The van der Waals surface area contributed by atoms with Crippen molar-refractivity contribution in [1.29, 1.82) is 0 Å². The molecule has 0 spiro atoms. The van der Waals surface area contributed by atoms with Gasteiger partial charge in [-0.05, 0) is 44.7 Å². The second kappa shape index (κ2) is 6.17. The van der Waals surface area contributed by atoms with Gasteiger partial charge >= 0.3 is 0 Å². The van der Waals surface area contributed by atoms with Crippen LogP contribution in [0.25, 0.3) is 0 Å². The molecule has 1 rings (SSSR count). The highest BCUT2D eigenvalue weighted by molar-refractivity contribution is 5.07. The first-order valence-corrected chi connectivity index (χ1v) is 5.32. The van der Waals surface area contributed by atoms with E-state index in [0.29, 0.717) is 5.92 Å². The van der Waals surface area contributed by atoms with Gasteiger partial charge in [0.25, 0.3) is 0 Å². The molecule has 2 nitrogen and oxygen atoms in total. The monoisotopic (exact) mass is 183 g/mol. The first-order valence-electron chi connectivity index (χ1n) is 5.32. The van der Waals surface area contributed by atoms with Crippen LogP contribution in [0.15, 0.2) is 11.6 Å². The quantitative estimate of drug-likeness (QED) is 0.485. The van der Waals surface area contributed by atoms with Gasteiger partial charge in [0.2, 0.25) is 0 Å². The third-order valence-corrected chi connectivity index (χ3v) is 2.56. The molecular weight excluding hydrogens is 162 g/mol. The Kier molecular flexibility index (Phi) is 5.09. The third-order valence-electron chi connectivity index (χ3n) is 2.56. The Morgan fingerprint density at radius 2 is 2.46 bits per heavy atom. The number of allylic oxidation sites excluding steroid dienone is 1. The minimum atomic E-state index is 0.287. The minimum Gasteiger partial charge on any atom is -0.396 e. The summed E-state index contributed by atoms with van der Waals surface area (Å²) >= 11 is 0. The number of hydrogen-bond donors (Lipinski definition) is 2. The molecule has 2 N–H and O–H groups in total. The predicted octanol–water partition coefficient (Wildman–Crippen LogP) is 1.70. The summed E-state index contributed by atoms with van der Waals surface area (Å²) in [5.74, 6) is 0.387. The molecule has 0 saturated heterocycles. The number of hydrogen-bond acceptors (Lipinski definition) is 2. The van der Waals surface area contributed by atoms with Crippen LogP contribution in [0.3, 0.4) is 0 Å². The summed E-state index contributed by atoms with van der Waals surface area (Å²) < 4.78 is 0. The average molecular weight is 183 g/mol. The molecule has 1 unspecified atom stereocenters. The molecule has 0 aromatic rings. The zero-order chi connectivity index (χ0) is 9.52. The normalized spacial score (nSPS) is 18.8. The Morgan fingerprint density at radius 3 is 3.08 bits per heavy atom. The molecule has 0 aliphatic heterocycles. The topological polar surface area (TPSA) is 32.3 Å². The molecule has 2 heteroatoms. The summed E-state index contributed by atoms with van der Waals surface area (Å²) in [6, 6.07) is 0. The van der Waals surface area contributed by atoms with Crippen LogP contribution < -0.4 is 5.32 Å². The zero-order valence-corrected chi connectivity index (χ0v) is 8.55. The fourth-order valence-corrected chi connectivity index (χ4v) is 1.63. The molecule has 0 fully saturated rings. The lowest BCUT2D eigenvalue weighted by Gasteiger charge is -2.09. The maximum Gasteiger partial charge on any atom is 0.0468 e. The lowest BCUT2D eigenvalue weighted by Crippen LogP contribution is -2.24. The Balaban J connectivity index is 1.94. The van der Waals surface area contributed by atoms with Crippen LogP contribution in [0.1, 0.15) is 32.6 Å². The fourth-order valence-electron chi connectivity index (χ4n) is 1.63. The third kappa shape index (κ3) is 4.44. The zero-order valence-electron chi connectivity index (χ0n) is 8.55. The maximum atomic E-state index is 8.79. The molecular formula is C11H21NO. The van der Waals surface area contributed by atoms with Gasteiger partial charge in [0, 0.05) is 6.61 Å². The fraction of sp³-hybridized carbons (Fsp3) is 0.818.